The van der Waals surface area contributed by atoms with E-state index in [0.717, 1.165) is 23.4 Å². The van der Waals surface area contributed by atoms with Crippen LogP contribution in [0.2, 0.25) is 5.02 Å². The zero-order valence-electron chi connectivity index (χ0n) is 8.58. The Morgan fingerprint density at radius 1 is 1.40 bits per heavy atom. The maximum absolute atomic E-state index is 5.92. The van der Waals surface area contributed by atoms with Crippen molar-refractivity contribution >= 4 is 22.9 Å². The molecule has 1 aromatic rings. The predicted octanol–water partition coefficient (Wildman–Crippen LogP) is 2.05. The smallest absolute Gasteiger partial charge is 0.0516 e. The van der Waals surface area contributed by atoms with Crippen molar-refractivity contribution in [2.75, 3.05) is 26.2 Å². The van der Waals surface area contributed by atoms with Gasteiger partial charge in [-0.1, -0.05) is 11.6 Å². The van der Waals surface area contributed by atoms with E-state index in [9.17, 15) is 0 Å². The molecular weight excluding hydrogens is 228 g/mol. The fourth-order valence-electron chi connectivity index (χ4n) is 2.74. The number of fused-ring (bicyclic) bond motifs is 1. The van der Waals surface area contributed by atoms with Gasteiger partial charge in [-0.25, -0.2) is 0 Å². The van der Waals surface area contributed by atoms with Crippen molar-refractivity contribution < 1.29 is 0 Å². The van der Waals surface area contributed by atoms with E-state index < -0.39 is 0 Å². The average molecular weight is 243 g/mol. The Morgan fingerprint density at radius 2 is 2.13 bits per heavy atom. The topological polar surface area (TPSA) is 15.3 Å². The zero-order valence-corrected chi connectivity index (χ0v) is 10.2. The van der Waals surface area contributed by atoms with Crippen LogP contribution in [0.3, 0.4) is 0 Å². The summed E-state index contributed by atoms with van der Waals surface area (Å²) in [4.78, 5) is 3.96. The molecule has 2 atom stereocenters. The lowest BCUT2D eigenvalue weighted by molar-refractivity contribution is 0.308. The van der Waals surface area contributed by atoms with Gasteiger partial charge >= 0.3 is 0 Å². The van der Waals surface area contributed by atoms with Crippen molar-refractivity contribution in [1.82, 2.24) is 10.2 Å². The third-order valence-corrected chi connectivity index (χ3v) is 4.74. The third kappa shape index (κ3) is 2.07. The molecule has 0 bridgehead atoms. The Kier molecular flexibility index (Phi) is 2.73. The van der Waals surface area contributed by atoms with Gasteiger partial charge in [0.2, 0.25) is 0 Å². The highest BCUT2D eigenvalue weighted by molar-refractivity contribution is 7.10. The summed E-state index contributed by atoms with van der Waals surface area (Å²) in [7, 11) is 0. The normalized spacial score (nSPS) is 31.0. The van der Waals surface area contributed by atoms with Crippen LogP contribution in [-0.2, 0) is 6.54 Å². The van der Waals surface area contributed by atoms with Crippen LogP contribution in [-0.4, -0.2) is 31.1 Å². The number of hydrogen-bond donors (Lipinski definition) is 1. The first kappa shape index (κ1) is 10.1. The van der Waals surface area contributed by atoms with Crippen LogP contribution in [0.5, 0.6) is 0 Å². The Balaban J connectivity index is 1.61. The summed E-state index contributed by atoms with van der Waals surface area (Å²) in [6.07, 6.45) is 0. The Labute approximate surface area is 99.2 Å². The first-order valence-electron chi connectivity index (χ1n) is 5.47. The number of hydrogen-bond acceptors (Lipinski definition) is 3. The van der Waals surface area contributed by atoms with Crippen LogP contribution in [0.15, 0.2) is 11.4 Å². The van der Waals surface area contributed by atoms with Crippen molar-refractivity contribution in [3.8, 4) is 0 Å². The second-order valence-corrected chi connectivity index (χ2v) is 6.04. The molecule has 1 N–H and O–H groups in total. The monoisotopic (exact) mass is 242 g/mol. The maximum atomic E-state index is 5.92. The molecular formula is C11H15ClN2S. The number of halogens is 1. The van der Waals surface area contributed by atoms with Gasteiger partial charge in [0.15, 0.2) is 0 Å². The molecule has 2 nitrogen and oxygen atoms in total. The lowest BCUT2D eigenvalue weighted by Gasteiger charge is -2.15. The molecule has 15 heavy (non-hydrogen) atoms. The van der Waals surface area contributed by atoms with Gasteiger partial charge in [0.1, 0.15) is 0 Å². The average Bonchev–Trinajstić information content (AvgIpc) is 2.81. The fraction of sp³-hybridized carbons (Fsp3) is 0.636. The number of rotatable bonds is 2. The Hall–Kier alpha value is -0.0900. The minimum Gasteiger partial charge on any atom is -0.316 e. The molecule has 0 aromatic carbocycles. The first-order valence-corrected chi connectivity index (χ1v) is 6.73. The van der Waals surface area contributed by atoms with Gasteiger partial charge in [0.25, 0.3) is 0 Å². The van der Waals surface area contributed by atoms with E-state index in [4.69, 9.17) is 11.6 Å². The quantitative estimate of drug-likeness (QED) is 0.854. The number of likely N-dealkylation sites (tertiary alicyclic amines) is 1. The van der Waals surface area contributed by atoms with Gasteiger partial charge in [0, 0.05) is 29.9 Å². The highest BCUT2D eigenvalue weighted by Gasteiger charge is 2.35. The molecule has 2 saturated heterocycles. The van der Waals surface area contributed by atoms with Crippen molar-refractivity contribution in [3.05, 3.63) is 21.3 Å². The molecule has 0 spiro atoms. The summed E-state index contributed by atoms with van der Waals surface area (Å²) in [5.74, 6) is 1.78. The molecule has 3 heterocycles. The zero-order chi connectivity index (χ0) is 10.3. The number of nitrogens with one attached hydrogen (secondary N) is 1. The minimum absolute atomic E-state index is 0.885. The molecule has 82 valence electrons. The standard InChI is InChI=1S/C11H15ClN2S/c12-10-1-11(15-7-10)6-14-4-8-2-13-3-9(8)5-14/h1,7-9,13H,2-6H2. The van der Waals surface area contributed by atoms with E-state index >= 15 is 0 Å². The number of thiophene rings is 1. The van der Waals surface area contributed by atoms with E-state index in [2.05, 4.69) is 16.3 Å². The molecule has 0 aliphatic carbocycles. The highest BCUT2D eigenvalue weighted by Crippen LogP contribution is 2.29. The minimum atomic E-state index is 0.885. The van der Waals surface area contributed by atoms with Crippen molar-refractivity contribution in [1.29, 1.82) is 0 Å². The molecule has 0 saturated carbocycles. The van der Waals surface area contributed by atoms with E-state index in [1.165, 1.54) is 31.1 Å². The van der Waals surface area contributed by atoms with E-state index in [0.29, 0.717) is 0 Å². The molecule has 2 aliphatic rings. The maximum Gasteiger partial charge on any atom is 0.0516 e. The molecule has 4 heteroatoms. The van der Waals surface area contributed by atoms with Crippen molar-refractivity contribution in [3.63, 3.8) is 0 Å². The molecule has 3 rings (SSSR count). The van der Waals surface area contributed by atoms with Gasteiger partial charge in [-0.15, -0.1) is 11.3 Å². The fourth-order valence-corrected chi connectivity index (χ4v) is 3.85. The second kappa shape index (κ2) is 4.06. The molecule has 0 amide bonds. The van der Waals surface area contributed by atoms with Crippen LogP contribution in [0.4, 0.5) is 0 Å². The molecule has 2 fully saturated rings. The lowest BCUT2D eigenvalue weighted by Crippen LogP contribution is -2.24. The molecule has 2 unspecified atom stereocenters. The summed E-state index contributed by atoms with van der Waals surface area (Å²) in [6.45, 7) is 6.03. The summed E-state index contributed by atoms with van der Waals surface area (Å²) >= 11 is 7.70. The van der Waals surface area contributed by atoms with Gasteiger partial charge in [-0.2, -0.15) is 0 Å². The predicted molar refractivity (Wildman–Crippen MR) is 64.5 cm³/mol. The largest absolute Gasteiger partial charge is 0.316 e. The van der Waals surface area contributed by atoms with Gasteiger partial charge in [-0.3, -0.25) is 4.90 Å². The number of nitrogens with zero attached hydrogens (tertiary/aromatic N) is 1. The van der Waals surface area contributed by atoms with E-state index in [-0.39, 0.29) is 0 Å². The Morgan fingerprint density at radius 3 is 2.73 bits per heavy atom. The van der Waals surface area contributed by atoms with Gasteiger partial charge in [-0.05, 0) is 31.0 Å². The summed E-state index contributed by atoms with van der Waals surface area (Å²) in [5, 5.41) is 6.38. The summed E-state index contributed by atoms with van der Waals surface area (Å²) in [6, 6.07) is 2.10. The first-order chi connectivity index (χ1) is 7.31. The van der Waals surface area contributed by atoms with Crippen LogP contribution in [0, 0.1) is 11.8 Å². The van der Waals surface area contributed by atoms with Crippen LogP contribution >= 0.6 is 22.9 Å². The molecule has 1 aromatic heterocycles. The third-order valence-electron chi connectivity index (χ3n) is 3.47. The molecule has 0 radical (unpaired) electrons. The Bertz CT molecular complexity index is 340. The molecule has 2 aliphatic heterocycles. The van der Waals surface area contributed by atoms with Crippen LogP contribution in [0.1, 0.15) is 4.88 Å². The van der Waals surface area contributed by atoms with E-state index in [1.54, 1.807) is 11.3 Å². The van der Waals surface area contributed by atoms with Crippen LogP contribution in [0.25, 0.3) is 0 Å². The van der Waals surface area contributed by atoms with Gasteiger partial charge < -0.3 is 5.32 Å². The lowest BCUT2D eigenvalue weighted by atomic mass is 10.0. The SMILES string of the molecule is Clc1csc(CN2CC3CNCC3C2)c1. The van der Waals surface area contributed by atoms with Crippen molar-refractivity contribution in [2.45, 2.75) is 6.54 Å². The summed E-state index contributed by atoms with van der Waals surface area (Å²) in [5.41, 5.74) is 0. The van der Waals surface area contributed by atoms with Crippen molar-refractivity contribution in [2.24, 2.45) is 11.8 Å². The van der Waals surface area contributed by atoms with E-state index in [1.807, 2.05) is 5.38 Å². The summed E-state index contributed by atoms with van der Waals surface area (Å²) < 4.78 is 0. The van der Waals surface area contributed by atoms with Gasteiger partial charge in [0.05, 0.1) is 5.02 Å². The highest BCUT2D eigenvalue weighted by atomic mass is 35.5. The second-order valence-electron chi connectivity index (χ2n) is 4.60. The van der Waals surface area contributed by atoms with Crippen LogP contribution < -0.4 is 5.32 Å².